The monoisotopic (exact) mass is 218 g/mol. The standard InChI is InChI=1S/C10H18O5/c1-2-3-4-5-14-10-9(13)8(12)7(6-11)15-10/h2,7-13H,1,3-6H2/t7-,8-,9-,10+/m1/s1. The van der Waals surface area contributed by atoms with E-state index in [0.29, 0.717) is 6.61 Å². The van der Waals surface area contributed by atoms with Crippen LogP contribution in [0.5, 0.6) is 0 Å². The van der Waals surface area contributed by atoms with Crippen molar-refractivity contribution in [2.45, 2.75) is 37.4 Å². The van der Waals surface area contributed by atoms with Crippen LogP contribution in [0.2, 0.25) is 0 Å². The first-order chi connectivity index (χ1) is 7.20. The molecule has 0 radical (unpaired) electrons. The highest BCUT2D eigenvalue weighted by Gasteiger charge is 2.42. The Morgan fingerprint density at radius 1 is 1.33 bits per heavy atom. The molecule has 0 aliphatic carbocycles. The lowest BCUT2D eigenvalue weighted by molar-refractivity contribution is -0.169. The van der Waals surface area contributed by atoms with E-state index in [2.05, 4.69) is 6.58 Å². The predicted molar refractivity (Wildman–Crippen MR) is 53.1 cm³/mol. The summed E-state index contributed by atoms with van der Waals surface area (Å²) in [6.45, 7) is 3.67. The van der Waals surface area contributed by atoms with Gasteiger partial charge in [-0.2, -0.15) is 0 Å². The number of unbranched alkanes of at least 4 members (excludes halogenated alkanes) is 1. The Labute approximate surface area is 88.9 Å². The van der Waals surface area contributed by atoms with Gasteiger partial charge in [0.05, 0.1) is 13.2 Å². The van der Waals surface area contributed by atoms with Crippen molar-refractivity contribution in [1.29, 1.82) is 0 Å². The van der Waals surface area contributed by atoms with Gasteiger partial charge in [-0.05, 0) is 12.8 Å². The summed E-state index contributed by atoms with van der Waals surface area (Å²) in [6.07, 6.45) is -0.387. The summed E-state index contributed by atoms with van der Waals surface area (Å²) in [5.41, 5.74) is 0. The molecule has 0 amide bonds. The van der Waals surface area contributed by atoms with Gasteiger partial charge in [0.2, 0.25) is 0 Å². The first kappa shape index (κ1) is 12.6. The van der Waals surface area contributed by atoms with Crippen LogP contribution in [0.15, 0.2) is 12.7 Å². The zero-order chi connectivity index (χ0) is 11.3. The van der Waals surface area contributed by atoms with Crippen molar-refractivity contribution in [3.63, 3.8) is 0 Å². The van der Waals surface area contributed by atoms with E-state index in [9.17, 15) is 10.2 Å². The number of rotatable bonds is 6. The number of hydrogen-bond acceptors (Lipinski definition) is 5. The average molecular weight is 218 g/mol. The SMILES string of the molecule is C=CCCCO[C@H]1O[C@H](CO)[C@@H](O)[C@H]1O. The fraction of sp³-hybridized carbons (Fsp3) is 0.800. The summed E-state index contributed by atoms with van der Waals surface area (Å²) in [4.78, 5) is 0. The first-order valence-electron chi connectivity index (χ1n) is 5.05. The minimum atomic E-state index is -1.09. The van der Waals surface area contributed by atoms with Gasteiger partial charge in [-0.3, -0.25) is 0 Å². The molecule has 15 heavy (non-hydrogen) atoms. The smallest absolute Gasteiger partial charge is 0.186 e. The molecule has 88 valence electrons. The lowest BCUT2D eigenvalue weighted by Crippen LogP contribution is -2.34. The molecule has 4 atom stereocenters. The van der Waals surface area contributed by atoms with Crippen LogP contribution >= 0.6 is 0 Å². The van der Waals surface area contributed by atoms with Crippen molar-refractivity contribution >= 4 is 0 Å². The summed E-state index contributed by atoms with van der Waals surface area (Å²) < 4.78 is 10.3. The van der Waals surface area contributed by atoms with Crippen molar-refractivity contribution in [3.8, 4) is 0 Å². The van der Waals surface area contributed by atoms with E-state index in [1.54, 1.807) is 6.08 Å². The van der Waals surface area contributed by atoms with Gasteiger partial charge in [0, 0.05) is 0 Å². The Kier molecular flexibility index (Phi) is 5.21. The molecular formula is C10H18O5. The third-order valence-corrected chi connectivity index (χ3v) is 2.33. The minimum Gasteiger partial charge on any atom is -0.394 e. The first-order valence-corrected chi connectivity index (χ1v) is 5.05. The van der Waals surface area contributed by atoms with Crippen molar-refractivity contribution < 1.29 is 24.8 Å². The zero-order valence-corrected chi connectivity index (χ0v) is 8.58. The van der Waals surface area contributed by atoms with Gasteiger partial charge in [0.15, 0.2) is 6.29 Å². The molecule has 5 heteroatoms. The molecule has 0 bridgehead atoms. The van der Waals surface area contributed by atoms with Gasteiger partial charge in [0.1, 0.15) is 18.3 Å². The van der Waals surface area contributed by atoms with Crippen molar-refractivity contribution in [2.75, 3.05) is 13.2 Å². The molecule has 1 saturated heterocycles. The Balaban J connectivity index is 2.27. The van der Waals surface area contributed by atoms with Gasteiger partial charge < -0.3 is 24.8 Å². The molecule has 1 rings (SSSR count). The van der Waals surface area contributed by atoms with Crippen molar-refractivity contribution in [1.82, 2.24) is 0 Å². The third-order valence-electron chi connectivity index (χ3n) is 2.33. The molecule has 1 heterocycles. The van der Waals surface area contributed by atoms with Gasteiger partial charge in [-0.1, -0.05) is 6.08 Å². The zero-order valence-electron chi connectivity index (χ0n) is 8.58. The molecule has 0 aromatic heterocycles. The molecule has 0 spiro atoms. The van der Waals surface area contributed by atoms with E-state index in [-0.39, 0.29) is 6.61 Å². The Bertz CT molecular complexity index is 196. The molecule has 1 fully saturated rings. The van der Waals surface area contributed by atoms with Gasteiger partial charge in [0.25, 0.3) is 0 Å². The van der Waals surface area contributed by atoms with E-state index >= 15 is 0 Å². The lowest BCUT2D eigenvalue weighted by atomic mass is 10.1. The van der Waals surface area contributed by atoms with Crippen LogP contribution < -0.4 is 0 Å². The largest absolute Gasteiger partial charge is 0.394 e. The fourth-order valence-electron chi connectivity index (χ4n) is 1.43. The Morgan fingerprint density at radius 3 is 2.60 bits per heavy atom. The molecule has 1 aliphatic heterocycles. The molecule has 0 aromatic carbocycles. The summed E-state index contributed by atoms with van der Waals surface area (Å²) in [6, 6.07) is 0. The summed E-state index contributed by atoms with van der Waals surface area (Å²) in [7, 11) is 0. The van der Waals surface area contributed by atoms with E-state index in [0.717, 1.165) is 12.8 Å². The lowest BCUT2D eigenvalue weighted by Gasteiger charge is -2.14. The van der Waals surface area contributed by atoms with E-state index in [4.69, 9.17) is 14.6 Å². The van der Waals surface area contributed by atoms with E-state index in [1.165, 1.54) is 0 Å². The van der Waals surface area contributed by atoms with Crippen molar-refractivity contribution in [2.24, 2.45) is 0 Å². The third kappa shape index (κ3) is 3.25. The van der Waals surface area contributed by atoms with Crippen LogP contribution in [0, 0.1) is 0 Å². The highest BCUT2D eigenvalue weighted by Crippen LogP contribution is 2.21. The maximum absolute atomic E-state index is 9.48. The summed E-state index contributed by atoms with van der Waals surface area (Å²) in [5.74, 6) is 0. The number of aliphatic hydroxyl groups is 3. The van der Waals surface area contributed by atoms with E-state index < -0.39 is 24.6 Å². The molecular weight excluding hydrogens is 200 g/mol. The van der Waals surface area contributed by atoms with Crippen LogP contribution in [0.4, 0.5) is 0 Å². The van der Waals surface area contributed by atoms with Crippen LogP contribution in [-0.2, 0) is 9.47 Å². The second-order valence-electron chi connectivity index (χ2n) is 3.51. The number of ether oxygens (including phenoxy) is 2. The van der Waals surface area contributed by atoms with Crippen LogP contribution in [0.3, 0.4) is 0 Å². The van der Waals surface area contributed by atoms with Gasteiger partial charge in [-0.25, -0.2) is 0 Å². The summed E-state index contributed by atoms with van der Waals surface area (Å²) in [5, 5.41) is 27.7. The average Bonchev–Trinajstić information content (AvgIpc) is 2.52. The second kappa shape index (κ2) is 6.19. The fourth-order valence-corrected chi connectivity index (χ4v) is 1.43. The normalized spacial score (nSPS) is 35.7. The van der Waals surface area contributed by atoms with Gasteiger partial charge in [-0.15, -0.1) is 6.58 Å². The van der Waals surface area contributed by atoms with Crippen molar-refractivity contribution in [3.05, 3.63) is 12.7 Å². The Morgan fingerprint density at radius 2 is 2.07 bits per heavy atom. The van der Waals surface area contributed by atoms with Crippen LogP contribution in [0.1, 0.15) is 12.8 Å². The molecule has 0 saturated carbocycles. The molecule has 0 aromatic rings. The highest BCUT2D eigenvalue weighted by molar-refractivity contribution is 4.86. The highest BCUT2D eigenvalue weighted by atomic mass is 16.7. The second-order valence-corrected chi connectivity index (χ2v) is 3.51. The predicted octanol–water partition coefficient (Wildman–Crippen LogP) is -0.592. The summed E-state index contributed by atoms with van der Waals surface area (Å²) >= 11 is 0. The topological polar surface area (TPSA) is 79.2 Å². The van der Waals surface area contributed by atoms with Crippen LogP contribution in [-0.4, -0.2) is 53.1 Å². The maximum atomic E-state index is 9.48. The number of allylic oxidation sites excluding steroid dienone is 1. The molecule has 3 N–H and O–H groups in total. The minimum absolute atomic E-state index is 0.329. The molecule has 5 nitrogen and oxygen atoms in total. The van der Waals surface area contributed by atoms with E-state index in [1.807, 2.05) is 0 Å². The number of hydrogen-bond donors (Lipinski definition) is 3. The molecule has 0 unspecified atom stereocenters. The Hall–Kier alpha value is -0.460. The van der Waals surface area contributed by atoms with Gasteiger partial charge >= 0.3 is 0 Å². The van der Waals surface area contributed by atoms with Crippen LogP contribution in [0.25, 0.3) is 0 Å². The maximum Gasteiger partial charge on any atom is 0.186 e. The number of aliphatic hydroxyl groups excluding tert-OH is 3. The quantitative estimate of drug-likeness (QED) is 0.410. The molecule has 1 aliphatic rings.